The van der Waals surface area contributed by atoms with Gasteiger partial charge in [0.1, 0.15) is 18.0 Å². The lowest BCUT2D eigenvalue weighted by Crippen LogP contribution is -2.46. The van der Waals surface area contributed by atoms with E-state index in [1.165, 1.54) is 12.1 Å². The first kappa shape index (κ1) is 28.5. The molecule has 1 aliphatic rings. The fraction of sp³-hybridized carbons (Fsp3) is 0.242. The molecule has 6 rings (SSSR count). The molecule has 10 heteroatoms. The van der Waals surface area contributed by atoms with E-state index in [1.54, 1.807) is 18.6 Å². The third kappa shape index (κ3) is 7.06. The van der Waals surface area contributed by atoms with Crippen LogP contribution >= 0.6 is 0 Å². The first-order valence-corrected chi connectivity index (χ1v) is 14.5. The Kier molecular flexibility index (Phi) is 8.69. The summed E-state index contributed by atoms with van der Waals surface area (Å²) in [7, 11) is 0. The molecule has 0 spiro atoms. The van der Waals surface area contributed by atoms with Crippen LogP contribution in [-0.4, -0.2) is 69.6 Å². The number of aliphatic hydroxyl groups is 1. The van der Waals surface area contributed by atoms with E-state index in [2.05, 4.69) is 55.2 Å². The number of β-amino-alcohol motifs (C(OH)–C–C–N with tert-alkyl or cyclic N) is 1. The van der Waals surface area contributed by atoms with E-state index in [-0.39, 0.29) is 5.82 Å². The zero-order chi connectivity index (χ0) is 29.6. The minimum Gasteiger partial charge on any atom is -0.390 e. The molecular formula is C33H36FN8O+. The highest BCUT2D eigenvalue weighted by Gasteiger charge is 2.15. The number of piperazine rings is 1. The van der Waals surface area contributed by atoms with E-state index < -0.39 is 6.10 Å². The fourth-order valence-corrected chi connectivity index (χ4v) is 5.47. The molecule has 220 valence electrons. The maximum Gasteiger partial charge on any atom is 0.169 e. The Morgan fingerprint density at radius 1 is 1.00 bits per heavy atom. The molecule has 0 radical (unpaired) electrons. The summed E-state index contributed by atoms with van der Waals surface area (Å²) in [5.74, 6) is 0.420. The van der Waals surface area contributed by atoms with Crippen LogP contribution in [0.3, 0.4) is 0 Å². The number of nitrogens with one attached hydrogen (secondary N) is 3. The molecule has 3 aromatic carbocycles. The lowest BCUT2D eigenvalue weighted by Gasteiger charge is -2.29. The zero-order valence-electron chi connectivity index (χ0n) is 23.9. The topological polar surface area (TPSA) is 116 Å². The van der Waals surface area contributed by atoms with Gasteiger partial charge in [-0.25, -0.2) is 14.4 Å². The second-order valence-electron chi connectivity index (χ2n) is 10.8. The van der Waals surface area contributed by atoms with E-state index in [9.17, 15) is 9.50 Å². The molecule has 1 atom stereocenters. The number of aliphatic hydroxyl groups excluding tert-OH is 1. The summed E-state index contributed by atoms with van der Waals surface area (Å²) in [5.41, 5.74) is 6.23. The molecule has 0 saturated carbocycles. The van der Waals surface area contributed by atoms with Gasteiger partial charge in [0.05, 0.1) is 17.2 Å². The number of nitrogens with zero attached hydrogens (tertiary/aromatic N) is 4. The highest BCUT2D eigenvalue weighted by molar-refractivity contribution is 5.94. The number of nitrogens with two attached hydrogens (primary N) is 1. The average molecular weight is 580 g/mol. The summed E-state index contributed by atoms with van der Waals surface area (Å²) in [6.07, 6.45) is 6.73. The molecule has 43 heavy (non-hydrogen) atoms. The van der Waals surface area contributed by atoms with E-state index in [0.29, 0.717) is 25.5 Å². The summed E-state index contributed by atoms with van der Waals surface area (Å²) in [4.78, 5) is 11.3. The molecule has 1 aliphatic heterocycles. The molecule has 9 nitrogen and oxygen atoms in total. The third-order valence-electron chi connectivity index (χ3n) is 7.69. The molecule has 2 aromatic heterocycles. The SMILES string of the molecule is [NH2+]=Cc1cc(Nc2ncnc3ccc(-c4ccn(CC(O)CN5CCNCC5)c4)cc23)ccc1NCc1cccc(F)c1. The van der Waals surface area contributed by atoms with E-state index in [0.717, 1.165) is 70.7 Å². The number of fused-ring (bicyclic) bond motifs is 1. The van der Waals surface area contributed by atoms with Crippen LogP contribution in [0.25, 0.3) is 22.0 Å². The van der Waals surface area contributed by atoms with Crippen LogP contribution in [0.2, 0.25) is 0 Å². The van der Waals surface area contributed by atoms with Crippen molar-refractivity contribution in [1.29, 1.82) is 0 Å². The van der Waals surface area contributed by atoms with Gasteiger partial charge in [-0.1, -0.05) is 18.2 Å². The average Bonchev–Trinajstić information content (AvgIpc) is 3.49. The van der Waals surface area contributed by atoms with Gasteiger partial charge in [0.15, 0.2) is 6.21 Å². The van der Waals surface area contributed by atoms with Gasteiger partial charge in [0.25, 0.3) is 0 Å². The summed E-state index contributed by atoms with van der Waals surface area (Å²) < 4.78 is 15.6. The largest absolute Gasteiger partial charge is 0.390 e. The minimum atomic E-state index is -0.433. The summed E-state index contributed by atoms with van der Waals surface area (Å²) in [6.45, 7) is 5.56. The number of benzene rings is 3. The molecule has 1 unspecified atom stereocenters. The Bertz CT molecular complexity index is 1710. The van der Waals surface area contributed by atoms with Crippen molar-refractivity contribution in [1.82, 2.24) is 24.8 Å². The van der Waals surface area contributed by atoms with Crippen LogP contribution in [0.15, 0.2) is 85.5 Å². The fourth-order valence-electron chi connectivity index (χ4n) is 5.47. The van der Waals surface area contributed by atoms with Crippen molar-refractivity contribution in [3.05, 3.63) is 102 Å². The van der Waals surface area contributed by atoms with Crippen molar-refractivity contribution in [2.24, 2.45) is 0 Å². The first-order valence-electron chi connectivity index (χ1n) is 14.5. The number of aromatic nitrogens is 3. The van der Waals surface area contributed by atoms with Crippen LogP contribution in [-0.2, 0) is 13.1 Å². The molecule has 1 fully saturated rings. The van der Waals surface area contributed by atoms with Gasteiger partial charge in [-0.3, -0.25) is 10.3 Å². The predicted octanol–water partition coefficient (Wildman–Crippen LogP) is 3.04. The predicted molar refractivity (Wildman–Crippen MR) is 169 cm³/mol. The van der Waals surface area contributed by atoms with Crippen molar-refractivity contribution >= 4 is 34.3 Å². The minimum absolute atomic E-state index is 0.262. The second kappa shape index (κ2) is 13.1. The molecule has 1 saturated heterocycles. The monoisotopic (exact) mass is 579 g/mol. The third-order valence-corrected chi connectivity index (χ3v) is 7.69. The van der Waals surface area contributed by atoms with Crippen LogP contribution in [0.1, 0.15) is 11.1 Å². The van der Waals surface area contributed by atoms with Crippen molar-refractivity contribution in [3.8, 4) is 11.1 Å². The van der Waals surface area contributed by atoms with Crippen LogP contribution in [0.4, 0.5) is 21.6 Å². The Morgan fingerprint density at radius 2 is 1.88 bits per heavy atom. The Hall–Kier alpha value is -4.64. The molecule has 0 aliphatic carbocycles. The number of hydrogen-bond donors (Lipinski definition) is 5. The Morgan fingerprint density at radius 3 is 2.72 bits per heavy atom. The van der Waals surface area contributed by atoms with Crippen molar-refractivity contribution in [2.75, 3.05) is 43.4 Å². The van der Waals surface area contributed by atoms with Crippen LogP contribution in [0.5, 0.6) is 0 Å². The van der Waals surface area contributed by atoms with Gasteiger partial charge >= 0.3 is 0 Å². The maximum absolute atomic E-state index is 13.6. The summed E-state index contributed by atoms with van der Waals surface area (Å²) in [6, 6.07) is 20.5. The van der Waals surface area contributed by atoms with Gasteiger partial charge in [0.2, 0.25) is 0 Å². The smallest absolute Gasteiger partial charge is 0.169 e. The number of hydrogen-bond acceptors (Lipinski definition) is 7. The number of rotatable bonds is 11. The molecule has 0 amide bonds. The standard InChI is InChI=1S/C33H35FN8O/c34-27-3-1-2-23(14-27)18-37-31-7-5-28(15-26(31)17-35)40-33-30-16-24(4-6-32(30)38-22-39-33)25-8-11-42(19-25)21-29(43)20-41-12-9-36-10-13-41/h1-8,11,14-17,19,22,29,35-37,43H,9-10,12-13,18,20-21H2,(H,38,39,40)/p+1. The lowest BCUT2D eigenvalue weighted by molar-refractivity contribution is -0.104. The lowest BCUT2D eigenvalue weighted by atomic mass is 10.1. The molecular weight excluding hydrogens is 543 g/mol. The molecule has 3 heterocycles. The van der Waals surface area contributed by atoms with Gasteiger partial charge in [0, 0.05) is 75.0 Å². The quantitative estimate of drug-likeness (QED) is 0.153. The number of anilines is 3. The Labute approximate surface area is 249 Å². The van der Waals surface area contributed by atoms with Gasteiger partial charge in [-0.2, -0.15) is 0 Å². The summed E-state index contributed by atoms with van der Waals surface area (Å²) >= 11 is 0. The zero-order valence-corrected chi connectivity index (χ0v) is 23.9. The van der Waals surface area contributed by atoms with Gasteiger partial charge in [-0.05, 0) is 65.2 Å². The molecule has 0 bridgehead atoms. The molecule has 6 N–H and O–H groups in total. The van der Waals surface area contributed by atoms with Gasteiger partial charge in [-0.15, -0.1) is 0 Å². The van der Waals surface area contributed by atoms with Crippen molar-refractivity contribution in [3.63, 3.8) is 0 Å². The summed E-state index contributed by atoms with van der Waals surface area (Å²) in [5, 5.41) is 27.6. The second-order valence-corrected chi connectivity index (χ2v) is 10.8. The Balaban J connectivity index is 1.17. The van der Waals surface area contributed by atoms with E-state index in [4.69, 9.17) is 5.41 Å². The van der Waals surface area contributed by atoms with Crippen molar-refractivity contribution in [2.45, 2.75) is 19.2 Å². The number of halogens is 1. The van der Waals surface area contributed by atoms with Crippen LogP contribution < -0.4 is 21.4 Å². The van der Waals surface area contributed by atoms with E-state index in [1.807, 2.05) is 41.1 Å². The van der Waals surface area contributed by atoms with E-state index >= 15 is 0 Å². The van der Waals surface area contributed by atoms with Crippen LogP contribution in [0, 0.1) is 5.82 Å². The maximum atomic E-state index is 13.6. The van der Waals surface area contributed by atoms with Gasteiger partial charge < -0.3 is 25.6 Å². The highest BCUT2D eigenvalue weighted by Crippen LogP contribution is 2.30. The first-order chi connectivity index (χ1) is 21.0. The highest BCUT2D eigenvalue weighted by atomic mass is 19.1. The van der Waals surface area contributed by atoms with Crippen molar-refractivity contribution < 1.29 is 14.9 Å². The normalized spacial score (nSPS) is 14.5. The molecule has 5 aromatic rings.